The van der Waals surface area contributed by atoms with Crippen molar-refractivity contribution in [2.45, 2.75) is 12.2 Å². The van der Waals surface area contributed by atoms with Crippen LogP contribution in [0.3, 0.4) is 0 Å². The molecular weight excluding hydrogens is 269 g/mol. The number of halogens is 2. The molecule has 0 unspecified atom stereocenters. The molecule has 5 heteroatoms. The molecule has 0 fully saturated rings. The molecule has 0 aliphatic heterocycles. The Bertz CT molecular complexity index is 384. The van der Waals surface area contributed by atoms with E-state index in [0.717, 1.165) is 12.1 Å². The normalized spacial score (nSPS) is 10.1. The Labute approximate surface area is 91.8 Å². The van der Waals surface area contributed by atoms with Crippen molar-refractivity contribution in [2.24, 2.45) is 0 Å². The Kier molecular flexibility index (Phi) is 4.12. The van der Waals surface area contributed by atoms with Gasteiger partial charge < -0.3 is 0 Å². The first-order valence-corrected chi connectivity index (χ1v) is 6.19. The van der Waals surface area contributed by atoms with E-state index >= 15 is 0 Å². The fraction of sp³-hybridized carbons (Fsp3) is 0.200. The minimum absolute atomic E-state index is 0.0691. The van der Waals surface area contributed by atoms with Crippen molar-refractivity contribution < 1.29 is 18.4 Å². The van der Waals surface area contributed by atoms with E-state index in [1.54, 1.807) is 0 Å². The van der Waals surface area contributed by atoms with Crippen LogP contribution in [0.2, 0.25) is 5.32 Å². The average Bonchev–Trinajstić information content (AvgIpc) is 2.14. The fourth-order valence-electron chi connectivity index (χ4n) is 0.932. The molecule has 2 nitrogen and oxygen atoms in total. The monoisotopic (exact) mass is 278 g/mol. The van der Waals surface area contributed by atoms with Crippen molar-refractivity contribution >= 4 is 25.4 Å². The molecule has 1 aromatic carbocycles. The van der Waals surface area contributed by atoms with Crippen LogP contribution in [0.25, 0.3) is 0 Å². The van der Waals surface area contributed by atoms with Gasteiger partial charge in [-0.3, -0.25) is 0 Å². The SMILES string of the molecule is CC(=O)C[Se]C(=O)c1c(F)cccc1F. The molecule has 0 saturated carbocycles. The molecule has 0 aromatic heterocycles. The number of benzene rings is 1. The molecule has 15 heavy (non-hydrogen) atoms. The van der Waals surface area contributed by atoms with Crippen LogP contribution in [0.4, 0.5) is 8.78 Å². The second-order valence-electron chi connectivity index (χ2n) is 2.87. The van der Waals surface area contributed by atoms with Gasteiger partial charge in [0.05, 0.1) is 0 Å². The van der Waals surface area contributed by atoms with E-state index in [1.165, 1.54) is 13.0 Å². The second kappa shape index (κ2) is 5.14. The Morgan fingerprint density at radius 2 is 1.80 bits per heavy atom. The van der Waals surface area contributed by atoms with Crippen LogP contribution in [-0.2, 0) is 4.79 Å². The van der Waals surface area contributed by atoms with Crippen molar-refractivity contribution in [3.63, 3.8) is 0 Å². The van der Waals surface area contributed by atoms with Gasteiger partial charge in [0.25, 0.3) is 0 Å². The molecule has 80 valence electrons. The molecule has 0 atom stereocenters. The molecule has 0 aliphatic rings. The predicted octanol–water partition coefficient (Wildman–Crippen LogP) is 1.82. The van der Waals surface area contributed by atoms with Crippen molar-refractivity contribution in [1.29, 1.82) is 0 Å². The van der Waals surface area contributed by atoms with E-state index in [4.69, 9.17) is 0 Å². The molecule has 0 radical (unpaired) electrons. The Hall–Kier alpha value is -1.06. The van der Waals surface area contributed by atoms with Gasteiger partial charge in [0.15, 0.2) is 0 Å². The van der Waals surface area contributed by atoms with E-state index in [-0.39, 0.29) is 11.1 Å². The van der Waals surface area contributed by atoms with Crippen LogP contribution in [0.15, 0.2) is 18.2 Å². The van der Waals surface area contributed by atoms with Gasteiger partial charge in [-0.25, -0.2) is 0 Å². The van der Waals surface area contributed by atoms with E-state index in [0.29, 0.717) is 0 Å². The predicted molar refractivity (Wildman–Crippen MR) is 51.9 cm³/mol. The van der Waals surface area contributed by atoms with Crippen molar-refractivity contribution in [1.82, 2.24) is 0 Å². The Morgan fingerprint density at radius 3 is 2.27 bits per heavy atom. The fourth-order valence-corrected chi connectivity index (χ4v) is 2.35. The first-order valence-electron chi connectivity index (χ1n) is 4.13. The summed E-state index contributed by atoms with van der Waals surface area (Å²) in [4.78, 5) is 22.0. The van der Waals surface area contributed by atoms with E-state index in [1.807, 2.05) is 0 Å². The van der Waals surface area contributed by atoms with Crippen LogP contribution in [0.1, 0.15) is 17.3 Å². The van der Waals surface area contributed by atoms with Crippen molar-refractivity contribution in [3.8, 4) is 0 Å². The van der Waals surface area contributed by atoms with Gasteiger partial charge in [0.1, 0.15) is 0 Å². The van der Waals surface area contributed by atoms with E-state index < -0.39 is 36.8 Å². The van der Waals surface area contributed by atoms with Crippen molar-refractivity contribution in [2.75, 3.05) is 0 Å². The molecule has 0 aliphatic carbocycles. The summed E-state index contributed by atoms with van der Waals surface area (Å²) in [5.41, 5.74) is -0.529. The maximum atomic E-state index is 13.1. The summed E-state index contributed by atoms with van der Waals surface area (Å²) in [5.74, 6) is -1.89. The third-order valence-corrected chi connectivity index (χ3v) is 3.71. The molecule has 1 rings (SSSR count). The van der Waals surface area contributed by atoms with Crippen molar-refractivity contribution in [3.05, 3.63) is 35.4 Å². The zero-order valence-corrected chi connectivity index (χ0v) is 9.63. The Balaban J connectivity index is 2.86. The second-order valence-corrected chi connectivity index (χ2v) is 4.86. The zero-order chi connectivity index (χ0) is 11.4. The number of hydrogen-bond acceptors (Lipinski definition) is 2. The number of Topliss-reactive ketones (excluding diaryl/α,β-unsaturated/α-hetero) is 1. The third kappa shape index (κ3) is 3.22. The first-order chi connectivity index (χ1) is 7.02. The summed E-state index contributed by atoms with van der Waals surface area (Å²) in [6.07, 6.45) is 0. The van der Waals surface area contributed by atoms with Gasteiger partial charge in [0, 0.05) is 0 Å². The molecule has 0 heterocycles. The third-order valence-electron chi connectivity index (χ3n) is 1.57. The van der Waals surface area contributed by atoms with E-state index in [9.17, 15) is 18.4 Å². The van der Waals surface area contributed by atoms with E-state index in [2.05, 4.69) is 0 Å². The first kappa shape index (κ1) is 12.0. The summed E-state index contributed by atoms with van der Waals surface area (Å²) >= 11 is -0.727. The quantitative estimate of drug-likeness (QED) is 0.787. The zero-order valence-electron chi connectivity index (χ0n) is 7.92. The molecular formula is C10H8F2O2Se. The number of carbonyl (C=O) groups is 2. The van der Waals surface area contributed by atoms with Crippen LogP contribution in [-0.4, -0.2) is 25.4 Å². The molecule has 0 saturated heterocycles. The van der Waals surface area contributed by atoms with Gasteiger partial charge in [-0.15, -0.1) is 0 Å². The number of carbonyl (C=O) groups excluding carboxylic acids is 2. The van der Waals surface area contributed by atoms with Gasteiger partial charge in [-0.2, -0.15) is 0 Å². The van der Waals surface area contributed by atoms with Gasteiger partial charge in [-0.05, 0) is 0 Å². The van der Waals surface area contributed by atoms with Gasteiger partial charge in [-0.1, -0.05) is 0 Å². The average molecular weight is 277 g/mol. The molecule has 0 bridgehead atoms. The van der Waals surface area contributed by atoms with Crippen LogP contribution in [0.5, 0.6) is 0 Å². The molecule has 0 N–H and O–H groups in total. The number of ketones is 1. The maximum absolute atomic E-state index is 13.1. The minimum atomic E-state index is -0.870. The Morgan fingerprint density at radius 1 is 1.27 bits per heavy atom. The summed E-state index contributed by atoms with van der Waals surface area (Å²) in [6.45, 7) is 1.34. The molecule has 0 spiro atoms. The van der Waals surface area contributed by atoms with Gasteiger partial charge >= 0.3 is 91.4 Å². The van der Waals surface area contributed by atoms with Crippen LogP contribution >= 0.6 is 0 Å². The topological polar surface area (TPSA) is 34.1 Å². The molecule has 0 amide bonds. The molecule has 1 aromatic rings. The number of hydrogen-bond donors (Lipinski definition) is 0. The van der Waals surface area contributed by atoms with Crippen LogP contribution in [0, 0.1) is 11.6 Å². The summed E-state index contributed by atoms with van der Waals surface area (Å²) < 4.78 is 25.6. The summed E-state index contributed by atoms with van der Waals surface area (Å²) in [7, 11) is 0. The standard InChI is InChI=1S/C10H8F2O2Se/c1-6(13)5-15-10(14)9-7(11)3-2-4-8(9)12/h2-4H,5H2,1H3. The van der Waals surface area contributed by atoms with Gasteiger partial charge in [0.2, 0.25) is 0 Å². The summed E-state index contributed by atoms with van der Waals surface area (Å²) in [5, 5.41) is 0.0691. The summed E-state index contributed by atoms with van der Waals surface area (Å²) in [6, 6.07) is 3.25. The van der Waals surface area contributed by atoms with Crippen LogP contribution < -0.4 is 0 Å². The number of rotatable bonds is 4.